The molecule has 0 radical (unpaired) electrons. The number of thiophene rings is 1. The van der Waals surface area contributed by atoms with Gasteiger partial charge >= 0.3 is 0 Å². The number of nitrogens with zero attached hydrogens (tertiary/aromatic N) is 1. The van der Waals surface area contributed by atoms with E-state index in [1.54, 1.807) is 11.3 Å². The Morgan fingerprint density at radius 2 is 2.20 bits per heavy atom. The van der Waals surface area contributed by atoms with Gasteiger partial charge in [-0.05, 0) is 35.0 Å². The minimum atomic E-state index is 0.348. The van der Waals surface area contributed by atoms with E-state index in [9.17, 15) is 4.79 Å². The standard InChI is InChI=1S/C12H11NOS/c14-11-3-5-13(8-11)10-1-2-12-9(7-10)4-6-15-12/h1-2,4,6-7H,3,5,8H2. The minimum absolute atomic E-state index is 0.348. The molecule has 2 nitrogen and oxygen atoms in total. The molecule has 1 fully saturated rings. The minimum Gasteiger partial charge on any atom is -0.364 e. The van der Waals surface area contributed by atoms with Gasteiger partial charge in [-0.1, -0.05) is 0 Å². The molecule has 2 aromatic rings. The number of fused-ring (bicyclic) bond motifs is 1. The lowest BCUT2D eigenvalue weighted by atomic mass is 10.2. The molecule has 1 aromatic heterocycles. The van der Waals surface area contributed by atoms with Gasteiger partial charge in [-0.2, -0.15) is 0 Å². The topological polar surface area (TPSA) is 20.3 Å². The first-order valence-corrected chi connectivity index (χ1v) is 5.95. The Balaban J connectivity index is 2.00. The fourth-order valence-electron chi connectivity index (χ4n) is 2.00. The third-order valence-corrected chi connectivity index (χ3v) is 3.73. The predicted molar refractivity (Wildman–Crippen MR) is 63.7 cm³/mol. The predicted octanol–water partition coefficient (Wildman–Crippen LogP) is 2.68. The lowest BCUT2D eigenvalue weighted by Gasteiger charge is -2.16. The summed E-state index contributed by atoms with van der Waals surface area (Å²) in [5.74, 6) is 0.348. The molecule has 2 heterocycles. The highest BCUT2D eigenvalue weighted by atomic mass is 32.1. The van der Waals surface area contributed by atoms with Crippen LogP contribution in [-0.2, 0) is 4.79 Å². The van der Waals surface area contributed by atoms with Crippen LogP contribution >= 0.6 is 11.3 Å². The van der Waals surface area contributed by atoms with Gasteiger partial charge in [0.1, 0.15) is 0 Å². The Hall–Kier alpha value is -1.35. The highest BCUT2D eigenvalue weighted by molar-refractivity contribution is 7.17. The molecular formula is C12H11NOS. The van der Waals surface area contributed by atoms with Crippen LogP contribution < -0.4 is 4.90 Å². The smallest absolute Gasteiger partial charge is 0.153 e. The Bertz CT molecular complexity index is 517. The van der Waals surface area contributed by atoms with Gasteiger partial charge in [0.2, 0.25) is 0 Å². The van der Waals surface area contributed by atoms with Crippen LogP contribution in [0, 0.1) is 0 Å². The molecule has 76 valence electrons. The summed E-state index contributed by atoms with van der Waals surface area (Å²) in [4.78, 5) is 13.4. The second-order valence-electron chi connectivity index (χ2n) is 3.85. The van der Waals surface area contributed by atoms with Crippen LogP contribution in [-0.4, -0.2) is 18.9 Å². The number of Topliss-reactive ketones (excluding diaryl/α,β-unsaturated/α-hetero) is 1. The highest BCUT2D eigenvalue weighted by Crippen LogP contribution is 2.27. The van der Waals surface area contributed by atoms with Crippen molar-refractivity contribution in [2.24, 2.45) is 0 Å². The maximum Gasteiger partial charge on any atom is 0.153 e. The van der Waals surface area contributed by atoms with Gasteiger partial charge in [0, 0.05) is 23.4 Å². The van der Waals surface area contributed by atoms with Crippen LogP contribution in [0.5, 0.6) is 0 Å². The van der Waals surface area contributed by atoms with E-state index in [0.29, 0.717) is 18.7 Å². The maximum atomic E-state index is 11.2. The first kappa shape index (κ1) is 8.92. The second-order valence-corrected chi connectivity index (χ2v) is 4.80. The van der Waals surface area contributed by atoms with E-state index in [0.717, 1.165) is 6.54 Å². The molecule has 1 aliphatic heterocycles. The number of hydrogen-bond acceptors (Lipinski definition) is 3. The number of rotatable bonds is 1. The molecule has 1 aromatic carbocycles. The summed E-state index contributed by atoms with van der Waals surface area (Å²) in [6.07, 6.45) is 0.696. The Kier molecular flexibility index (Phi) is 1.99. The summed E-state index contributed by atoms with van der Waals surface area (Å²) in [6, 6.07) is 8.54. The SMILES string of the molecule is O=C1CCN(c2ccc3sccc3c2)C1. The normalized spacial score (nSPS) is 16.5. The first-order chi connectivity index (χ1) is 7.33. The van der Waals surface area contributed by atoms with E-state index >= 15 is 0 Å². The molecule has 1 saturated heterocycles. The molecule has 0 N–H and O–H groups in total. The zero-order valence-electron chi connectivity index (χ0n) is 8.27. The number of anilines is 1. The lowest BCUT2D eigenvalue weighted by molar-refractivity contribution is -0.116. The summed E-state index contributed by atoms with van der Waals surface area (Å²) in [7, 11) is 0. The summed E-state index contributed by atoms with van der Waals surface area (Å²) >= 11 is 1.75. The van der Waals surface area contributed by atoms with Crippen molar-refractivity contribution in [3.63, 3.8) is 0 Å². The van der Waals surface area contributed by atoms with Gasteiger partial charge in [-0.25, -0.2) is 0 Å². The van der Waals surface area contributed by atoms with Crippen molar-refractivity contribution in [2.45, 2.75) is 6.42 Å². The average Bonchev–Trinajstić information content (AvgIpc) is 2.84. The zero-order chi connectivity index (χ0) is 10.3. The highest BCUT2D eigenvalue weighted by Gasteiger charge is 2.19. The van der Waals surface area contributed by atoms with Gasteiger partial charge in [0.25, 0.3) is 0 Å². The Labute approximate surface area is 92.1 Å². The molecule has 0 aliphatic carbocycles. The fraction of sp³-hybridized carbons (Fsp3) is 0.250. The monoisotopic (exact) mass is 217 g/mol. The molecular weight excluding hydrogens is 206 g/mol. The van der Waals surface area contributed by atoms with E-state index in [4.69, 9.17) is 0 Å². The molecule has 0 unspecified atom stereocenters. The van der Waals surface area contributed by atoms with Gasteiger partial charge in [-0.15, -0.1) is 11.3 Å². The summed E-state index contributed by atoms with van der Waals surface area (Å²) < 4.78 is 1.31. The Morgan fingerprint density at radius 1 is 1.27 bits per heavy atom. The van der Waals surface area contributed by atoms with Crippen molar-refractivity contribution in [3.8, 4) is 0 Å². The van der Waals surface area contributed by atoms with Crippen molar-refractivity contribution >= 4 is 32.9 Å². The van der Waals surface area contributed by atoms with Crippen molar-refractivity contribution in [2.75, 3.05) is 18.0 Å². The molecule has 0 amide bonds. The Morgan fingerprint density at radius 3 is 3.00 bits per heavy atom. The van der Waals surface area contributed by atoms with Gasteiger partial charge in [0.05, 0.1) is 6.54 Å². The van der Waals surface area contributed by atoms with Crippen molar-refractivity contribution < 1.29 is 4.79 Å². The lowest BCUT2D eigenvalue weighted by Crippen LogP contribution is -2.19. The molecule has 0 saturated carbocycles. The quantitative estimate of drug-likeness (QED) is 0.732. The van der Waals surface area contributed by atoms with E-state index in [2.05, 4.69) is 34.5 Å². The number of ketones is 1. The van der Waals surface area contributed by atoms with Gasteiger partial charge in [-0.3, -0.25) is 4.79 Å². The average molecular weight is 217 g/mol. The van der Waals surface area contributed by atoms with Crippen LogP contribution in [0.3, 0.4) is 0 Å². The molecule has 3 heteroatoms. The molecule has 3 rings (SSSR count). The molecule has 15 heavy (non-hydrogen) atoms. The second kappa shape index (κ2) is 3.35. The van der Waals surface area contributed by atoms with E-state index in [-0.39, 0.29) is 0 Å². The summed E-state index contributed by atoms with van der Waals surface area (Å²) in [6.45, 7) is 1.45. The maximum absolute atomic E-state index is 11.2. The van der Waals surface area contributed by atoms with Gasteiger partial charge in [0.15, 0.2) is 5.78 Å². The van der Waals surface area contributed by atoms with Crippen molar-refractivity contribution in [3.05, 3.63) is 29.6 Å². The number of carbonyl (C=O) groups excluding carboxylic acids is 1. The molecule has 1 aliphatic rings. The largest absolute Gasteiger partial charge is 0.364 e. The summed E-state index contributed by atoms with van der Waals surface area (Å²) in [5.41, 5.74) is 1.17. The zero-order valence-corrected chi connectivity index (χ0v) is 9.09. The third-order valence-electron chi connectivity index (χ3n) is 2.83. The third kappa shape index (κ3) is 1.53. The van der Waals surface area contributed by atoms with Crippen LogP contribution in [0.2, 0.25) is 0 Å². The summed E-state index contributed by atoms with van der Waals surface area (Å²) in [5, 5.41) is 3.38. The van der Waals surface area contributed by atoms with Crippen LogP contribution in [0.1, 0.15) is 6.42 Å². The molecule has 0 bridgehead atoms. The van der Waals surface area contributed by atoms with E-state index < -0.39 is 0 Å². The van der Waals surface area contributed by atoms with Gasteiger partial charge < -0.3 is 4.90 Å². The van der Waals surface area contributed by atoms with Crippen molar-refractivity contribution in [1.29, 1.82) is 0 Å². The van der Waals surface area contributed by atoms with E-state index in [1.165, 1.54) is 15.8 Å². The first-order valence-electron chi connectivity index (χ1n) is 5.07. The van der Waals surface area contributed by atoms with E-state index in [1.807, 2.05) is 0 Å². The fourth-order valence-corrected chi connectivity index (χ4v) is 2.77. The molecule has 0 atom stereocenters. The number of carbonyl (C=O) groups is 1. The number of benzene rings is 1. The van der Waals surface area contributed by atoms with Crippen LogP contribution in [0.25, 0.3) is 10.1 Å². The van der Waals surface area contributed by atoms with Crippen LogP contribution in [0.4, 0.5) is 5.69 Å². The van der Waals surface area contributed by atoms with Crippen LogP contribution in [0.15, 0.2) is 29.6 Å². The number of hydrogen-bond donors (Lipinski definition) is 0. The van der Waals surface area contributed by atoms with Crippen molar-refractivity contribution in [1.82, 2.24) is 0 Å². The molecule has 0 spiro atoms.